The molecule has 5 nitrogen and oxygen atoms in total. The van der Waals surface area contributed by atoms with Crippen molar-refractivity contribution in [3.63, 3.8) is 0 Å². The molecule has 1 fully saturated rings. The fourth-order valence-corrected chi connectivity index (χ4v) is 2.30. The Morgan fingerprint density at radius 3 is 3.06 bits per heavy atom. The van der Waals surface area contributed by atoms with Crippen molar-refractivity contribution in [2.45, 2.75) is 44.8 Å². The molecule has 1 aliphatic carbocycles. The molecule has 3 rings (SSSR count). The van der Waals surface area contributed by atoms with Gasteiger partial charge in [-0.3, -0.25) is 0 Å². The highest BCUT2D eigenvalue weighted by Gasteiger charge is 2.32. The maximum Gasteiger partial charge on any atom is 0.147 e. The third-order valence-electron chi connectivity index (χ3n) is 3.39. The highest BCUT2D eigenvalue weighted by Crippen LogP contribution is 2.39. The molecule has 2 heterocycles. The molecule has 1 aromatic heterocycles. The summed E-state index contributed by atoms with van der Waals surface area (Å²) in [5.74, 6) is 3.02. The van der Waals surface area contributed by atoms with E-state index < -0.39 is 0 Å². The first-order valence-electron chi connectivity index (χ1n) is 6.24. The molecule has 1 atom stereocenters. The Balaban J connectivity index is 1.73. The van der Waals surface area contributed by atoms with E-state index in [1.807, 2.05) is 0 Å². The molecule has 88 valence electrons. The Labute approximate surface area is 95.6 Å². The normalized spacial score (nSPS) is 24.4. The van der Waals surface area contributed by atoms with Gasteiger partial charge < -0.3 is 15.2 Å². The number of aromatic nitrogens is 3. The average molecular weight is 221 g/mol. The first-order valence-corrected chi connectivity index (χ1v) is 6.24. The van der Waals surface area contributed by atoms with Crippen molar-refractivity contribution in [3.8, 4) is 0 Å². The van der Waals surface area contributed by atoms with Crippen molar-refractivity contribution >= 4 is 0 Å². The van der Waals surface area contributed by atoms with Crippen molar-refractivity contribution in [2.75, 3.05) is 13.1 Å². The van der Waals surface area contributed by atoms with Gasteiger partial charge in [0.1, 0.15) is 11.6 Å². The lowest BCUT2D eigenvalue weighted by molar-refractivity contribution is 0.367. The zero-order valence-electron chi connectivity index (χ0n) is 9.74. The molecule has 1 aliphatic heterocycles. The Bertz CT molecular complexity index is 368. The predicted molar refractivity (Wildman–Crippen MR) is 61.2 cm³/mol. The molecule has 0 bridgehead atoms. The van der Waals surface area contributed by atoms with Crippen LogP contribution in [0.15, 0.2) is 0 Å². The quantitative estimate of drug-likeness (QED) is 0.764. The first-order chi connectivity index (χ1) is 7.88. The number of hydrogen-bond acceptors (Lipinski definition) is 4. The SMILES string of the molecule is CCNCC1Cn2c(nnc2C2CC2)CN1. The van der Waals surface area contributed by atoms with Crippen LogP contribution >= 0.6 is 0 Å². The summed E-state index contributed by atoms with van der Waals surface area (Å²) in [5, 5.41) is 15.5. The van der Waals surface area contributed by atoms with Crippen LogP contribution in [0.4, 0.5) is 0 Å². The summed E-state index contributed by atoms with van der Waals surface area (Å²) in [6.07, 6.45) is 2.59. The van der Waals surface area contributed by atoms with Gasteiger partial charge in [-0.2, -0.15) is 0 Å². The van der Waals surface area contributed by atoms with E-state index in [9.17, 15) is 0 Å². The molecule has 2 N–H and O–H groups in total. The van der Waals surface area contributed by atoms with Gasteiger partial charge in [0.25, 0.3) is 0 Å². The lowest BCUT2D eigenvalue weighted by atomic mass is 10.2. The van der Waals surface area contributed by atoms with Crippen LogP contribution in [0.2, 0.25) is 0 Å². The van der Waals surface area contributed by atoms with Crippen molar-refractivity contribution in [1.82, 2.24) is 25.4 Å². The van der Waals surface area contributed by atoms with Crippen LogP contribution in [-0.2, 0) is 13.1 Å². The van der Waals surface area contributed by atoms with Crippen molar-refractivity contribution < 1.29 is 0 Å². The van der Waals surface area contributed by atoms with E-state index in [4.69, 9.17) is 0 Å². The second kappa shape index (κ2) is 4.14. The molecule has 2 aliphatic rings. The minimum absolute atomic E-state index is 0.515. The monoisotopic (exact) mass is 221 g/mol. The number of hydrogen-bond donors (Lipinski definition) is 2. The number of nitrogens with zero attached hydrogens (tertiary/aromatic N) is 3. The van der Waals surface area contributed by atoms with E-state index in [0.29, 0.717) is 12.0 Å². The fraction of sp³-hybridized carbons (Fsp3) is 0.818. The van der Waals surface area contributed by atoms with E-state index in [0.717, 1.165) is 32.0 Å². The number of rotatable bonds is 4. The van der Waals surface area contributed by atoms with Crippen molar-refractivity contribution in [1.29, 1.82) is 0 Å². The van der Waals surface area contributed by atoms with E-state index in [1.54, 1.807) is 0 Å². The van der Waals surface area contributed by atoms with Gasteiger partial charge in [0.2, 0.25) is 0 Å². The Kier molecular flexibility index (Phi) is 2.65. The standard InChI is InChI=1S/C11H19N5/c1-2-12-5-9-7-16-10(6-13-9)14-15-11(16)8-3-4-8/h8-9,12-13H,2-7H2,1H3. The van der Waals surface area contributed by atoms with Gasteiger partial charge in [-0.25, -0.2) is 0 Å². The number of likely N-dealkylation sites (N-methyl/N-ethyl adjacent to an activating group) is 1. The van der Waals surface area contributed by atoms with Gasteiger partial charge >= 0.3 is 0 Å². The average Bonchev–Trinajstić information content (AvgIpc) is 3.07. The van der Waals surface area contributed by atoms with Crippen LogP contribution in [0.1, 0.15) is 37.3 Å². The molecule has 16 heavy (non-hydrogen) atoms. The van der Waals surface area contributed by atoms with E-state index in [1.165, 1.54) is 18.7 Å². The molecule has 0 amide bonds. The summed E-state index contributed by atoms with van der Waals surface area (Å²) in [7, 11) is 0. The summed E-state index contributed by atoms with van der Waals surface area (Å²) >= 11 is 0. The van der Waals surface area contributed by atoms with Crippen molar-refractivity contribution in [2.24, 2.45) is 0 Å². The zero-order valence-corrected chi connectivity index (χ0v) is 9.74. The lowest BCUT2D eigenvalue weighted by Crippen LogP contribution is -2.45. The maximum atomic E-state index is 4.33. The minimum Gasteiger partial charge on any atom is -0.315 e. The highest BCUT2D eigenvalue weighted by atomic mass is 15.3. The Morgan fingerprint density at radius 2 is 2.31 bits per heavy atom. The lowest BCUT2D eigenvalue weighted by Gasteiger charge is -2.25. The van der Waals surface area contributed by atoms with Crippen LogP contribution in [0.25, 0.3) is 0 Å². The second-order valence-electron chi connectivity index (χ2n) is 4.74. The molecule has 5 heteroatoms. The van der Waals surface area contributed by atoms with E-state index >= 15 is 0 Å². The predicted octanol–water partition coefficient (Wildman–Crippen LogP) is 0.237. The van der Waals surface area contributed by atoms with Crippen LogP contribution < -0.4 is 10.6 Å². The third kappa shape index (κ3) is 1.85. The van der Waals surface area contributed by atoms with Gasteiger partial charge in [-0.15, -0.1) is 10.2 Å². The summed E-state index contributed by atoms with van der Waals surface area (Å²) < 4.78 is 2.33. The molecule has 1 aromatic rings. The Morgan fingerprint density at radius 1 is 1.44 bits per heavy atom. The summed E-state index contributed by atoms with van der Waals surface area (Å²) in [5.41, 5.74) is 0. The minimum atomic E-state index is 0.515. The highest BCUT2D eigenvalue weighted by molar-refractivity contribution is 5.10. The van der Waals surface area contributed by atoms with Crippen LogP contribution in [-0.4, -0.2) is 33.9 Å². The number of nitrogens with one attached hydrogen (secondary N) is 2. The van der Waals surface area contributed by atoms with E-state index in [-0.39, 0.29) is 0 Å². The van der Waals surface area contributed by atoms with Crippen LogP contribution in [0.3, 0.4) is 0 Å². The van der Waals surface area contributed by atoms with Gasteiger partial charge in [0.05, 0.1) is 6.54 Å². The van der Waals surface area contributed by atoms with Gasteiger partial charge in [-0.05, 0) is 19.4 Å². The largest absolute Gasteiger partial charge is 0.315 e. The molecule has 1 unspecified atom stereocenters. The summed E-state index contributed by atoms with van der Waals surface area (Å²) in [4.78, 5) is 0. The van der Waals surface area contributed by atoms with Gasteiger partial charge in [0.15, 0.2) is 0 Å². The Hall–Kier alpha value is -0.940. The zero-order chi connectivity index (χ0) is 11.0. The fourth-order valence-electron chi connectivity index (χ4n) is 2.30. The maximum absolute atomic E-state index is 4.33. The molecule has 0 saturated heterocycles. The van der Waals surface area contributed by atoms with E-state index in [2.05, 4.69) is 32.3 Å². The van der Waals surface area contributed by atoms with Crippen LogP contribution in [0, 0.1) is 0 Å². The summed E-state index contributed by atoms with van der Waals surface area (Å²) in [6.45, 7) is 6.07. The number of fused-ring (bicyclic) bond motifs is 1. The van der Waals surface area contributed by atoms with Gasteiger partial charge in [-0.1, -0.05) is 6.92 Å². The topological polar surface area (TPSA) is 54.8 Å². The first kappa shape index (κ1) is 10.2. The molecular weight excluding hydrogens is 202 g/mol. The molecule has 0 spiro atoms. The van der Waals surface area contributed by atoms with Crippen LogP contribution in [0.5, 0.6) is 0 Å². The smallest absolute Gasteiger partial charge is 0.147 e. The third-order valence-corrected chi connectivity index (χ3v) is 3.39. The molecular formula is C11H19N5. The summed E-state index contributed by atoms with van der Waals surface area (Å²) in [6, 6.07) is 0.515. The molecule has 0 aromatic carbocycles. The van der Waals surface area contributed by atoms with Gasteiger partial charge in [0, 0.05) is 25.0 Å². The molecule has 1 saturated carbocycles. The second-order valence-corrected chi connectivity index (χ2v) is 4.74. The molecule has 0 radical (unpaired) electrons. The van der Waals surface area contributed by atoms with Crippen molar-refractivity contribution in [3.05, 3.63) is 11.6 Å².